The summed E-state index contributed by atoms with van der Waals surface area (Å²) in [5, 5.41) is 13.5. The van der Waals surface area contributed by atoms with Gasteiger partial charge in [0.1, 0.15) is 16.8 Å². The zero-order valence-electron chi connectivity index (χ0n) is 13.0. The number of aromatic nitrogens is 2. The third kappa shape index (κ3) is 4.30. The zero-order chi connectivity index (χ0) is 15.2. The first-order valence-electron chi connectivity index (χ1n) is 8.03. The Balaban J connectivity index is 2.04. The van der Waals surface area contributed by atoms with Crippen molar-refractivity contribution in [1.29, 1.82) is 0 Å². The van der Waals surface area contributed by atoms with Gasteiger partial charge in [-0.1, -0.05) is 31.4 Å². The normalized spacial score (nSPS) is 22.3. The molecule has 0 radical (unpaired) electrons. The minimum Gasteiger partial charge on any atom is -0.396 e. The maximum atomic E-state index is 9.50. The van der Waals surface area contributed by atoms with Crippen molar-refractivity contribution in [2.45, 2.75) is 52.4 Å². The second-order valence-corrected chi connectivity index (χ2v) is 6.38. The predicted octanol–water partition coefficient (Wildman–Crippen LogP) is 3.60. The molecule has 2 N–H and O–H groups in total. The van der Waals surface area contributed by atoms with Crippen LogP contribution in [0.15, 0.2) is 0 Å². The van der Waals surface area contributed by atoms with Crippen LogP contribution in [-0.2, 0) is 6.42 Å². The quantitative estimate of drug-likeness (QED) is 0.788. The molecule has 2 rings (SSSR count). The summed E-state index contributed by atoms with van der Waals surface area (Å²) in [7, 11) is 0. The number of aryl methyl sites for hydroxylation is 1. The predicted molar refractivity (Wildman–Crippen MR) is 86.8 cm³/mol. The van der Waals surface area contributed by atoms with Gasteiger partial charge in [0.2, 0.25) is 0 Å². The largest absolute Gasteiger partial charge is 0.396 e. The van der Waals surface area contributed by atoms with E-state index < -0.39 is 0 Å². The summed E-state index contributed by atoms with van der Waals surface area (Å²) in [6.45, 7) is 5.20. The average Bonchev–Trinajstić information content (AvgIpc) is 2.50. The summed E-state index contributed by atoms with van der Waals surface area (Å²) in [6, 6.07) is 0. The van der Waals surface area contributed by atoms with E-state index in [1.54, 1.807) is 0 Å². The highest BCUT2D eigenvalue weighted by Crippen LogP contribution is 2.30. The van der Waals surface area contributed by atoms with Crippen molar-refractivity contribution >= 4 is 17.4 Å². The van der Waals surface area contributed by atoms with E-state index in [0.717, 1.165) is 43.0 Å². The van der Waals surface area contributed by atoms with Gasteiger partial charge in [0.05, 0.1) is 0 Å². The van der Waals surface area contributed by atoms with E-state index >= 15 is 0 Å². The van der Waals surface area contributed by atoms with Crippen LogP contribution in [0.2, 0.25) is 5.15 Å². The summed E-state index contributed by atoms with van der Waals surface area (Å²) in [5.74, 6) is 2.59. The first-order valence-corrected chi connectivity index (χ1v) is 8.41. The lowest BCUT2D eigenvalue weighted by Gasteiger charge is -2.30. The minimum absolute atomic E-state index is 0.289. The molecule has 0 saturated heterocycles. The molecule has 0 bridgehead atoms. The maximum Gasteiger partial charge on any atom is 0.137 e. The van der Waals surface area contributed by atoms with Crippen LogP contribution >= 0.6 is 11.6 Å². The van der Waals surface area contributed by atoms with E-state index in [9.17, 15) is 5.11 Å². The smallest absolute Gasteiger partial charge is 0.137 e. The van der Waals surface area contributed by atoms with Gasteiger partial charge < -0.3 is 10.4 Å². The minimum atomic E-state index is 0.289. The third-order valence-electron chi connectivity index (χ3n) is 4.44. The molecule has 0 aromatic carbocycles. The van der Waals surface area contributed by atoms with E-state index in [2.05, 4.69) is 22.2 Å². The molecule has 0 aliphatic heterocycles. The number of rotatable bonds is 6. The van der Waals surface area contributed by atoms with E-state index in [1.165, 1.54) is 19.3 Å². The molecule has 1 aliphatic rings. The SMILES string of the molecule is CCCc1nc(Cl)c(C)c(NCC2CCCCC2CO)n1. The molecule has 0 amide bonds. The lowest BCUT2D eigenvalue weighted by molar-refractivity contribution is 0.141. The van der Waals surface area contributed by atoms with Gasteiger partial charge in [0.25, 0.3) is 0 Å². The number of nitrogens with one attached hydrogen (secondary N) is 1. The topological polar surface area (TPSA) is 58.0 Å². The van der Waals surface area contributed by atoms with Crippen molar-refractivity contribution in [1.82, 2.24) is 9.97 Å². The highest BCUT2D eigenvalue weighted by atomic mass is 35.5. The molecule has 21 heavy (non-hydrogen) atoms. The fraction of sp³-hybridized carbons (Fsp3) is 0.750. The molecular weight excluding hydrogens is 286 g/mol. The zero-order valence-corrected chi connectivity index (χ0v) is 13.8. The number of aliphatic hydroxyl groups excluding tert-OH is 1. The summed E-state index contributed by atoms with van der Waals surface area (Å²) in [5.41, 5.74) is 0.910. The van der Waals surface area contributed by atoms with Gasteiger partial charge in [-0.15, -0.1) is 0 Å². The highest BCUT2D eigenvalue weighted by molar-refractivity contribution is 6.30. The molecule has 1 heterocycles. The van der Waals surface area contributed by atoms with Crippen LogP contribution in [0.25, 0.3) is 0 Å². The molecule has 0 spiro atoms. The lowest BCUT2D eigenvalue weighted by atomic mass is 9.79. The van der Waals surface area contributed by atoms with Gasteiger partial charge in [-0.2, -0.15) is 0 Å². The number of nitrogens with zero attached hydrogens (tertiary/aromatic N) is 2. The number of anilines is 1. The van der Waals surface area contributed by atoms with E-state index in [4.69, 9.17) is 11.6 Å². The third-order valence-corrected chi connectivity index (χ3v) is 4.81. The van der Waals surface area contributed by atoms with Crippen LogP contribution in [0.4, 0.5) is 5.82 Å². The Labute approximate surface area is 132 Å². The average molecular weight is 312 g/mol. The van der Waals surface area contributed by atoms with Gasteiger partial charge in [-0.25, -0.2) is 9.97 Å². The van der Waals surface area contributed by atoms with Crippen molar-refractivity contribution < 1.29 is 5.11 Å². The summed E-state index contributed by atoms with van der Waals surface area (Å²) >= 11 is 6.20. The van der Waals surface area contributed by atoms with Crippen LogP contribution in [0, 0.1) is 18.8 Å². The van der Waals surface area contributed by atoms with Crippen molar-refractivity contribution in [2.75, 3.05) is 18.5 Å². The lowest BCUT2D eigenvalue weighted by Crippen LogP contribution is -2.29. The second kappa shape index (κ2) is 7.95. The Hall–Kier alpha value is -0.870. The van der Waals surface area contributed by atoms with Crippen LogP contribution in [-0.4, -0.2) is 28.2 Å². The van der Waals surface area contributed by atoms with E-state index in [1.807, 2.05) is 6.92 Å². The number of hydrogen-bond donors (Lipinski definition) is 2. The summed E-state index contributed by atoms with van der Waals surface area (Å²) < 4.78 is 0. The second-order valence-electron chi connectivity index (χ2n) is 6.02. The summed E-state index contributed by atoms with van der Waals surface area (Å²) in [4.78, 5) is 8.91. The molecule has 1 aromatic rings. The highest BCUT2D eigenvalue weighted by Gasteiger charge is 2.24. The summed E-state index contributed by atoms with van der Waals surface area (Å²) in [6.07, 6.45) is 6.66. The Morgan fingerprint density at radius 3 is 2.62 bits per heavy atom. The molecular formula is C16H26ClN3O. The Kier molecular flexibility index (Phi) is 6.24. The van der Waals surface area contributed by atoms with Gasteiger partial charge in [0, 0.05) is 25.1 Å². The molecule has 4 nitrogen and oxygen atoms in total. The van der Waals surface area contributed by atoms with Crippen molar-refractivity contribution in [3.05, 3.63) is 16.5 Å². The molecule has 5 heteroatoms. The Morgan fingerprint density at radius 1 is 1.24 bits per heavy atom. The Bertz CT molecular complexity index is 467. The number of aliphatic hydroxyl groups is 1. The van der Waals surface area contributed by atoms with Gasteiger partial charge >= 0.3 is 0 Å². The fourth-order valence-corrected chi connectivity index (χ4v) is 3.25. The molecule has 118 valence electrons. The van der Waals surface area contributed by atoms with Crippen molar-refractivity contribution in [3.8, 4) is 0 Å². The fourth-order valence-electron chi connectivity index (χ4n) is 3.06. The van der Waals surface area contributed by atoms with Crippen molar-refractivity contribution in [3.63, 3.8) is 0 Å². The van der Waals surface area contributed by atoms with Crippen LogP contribution < -0.4 is 5.32 Å². The standard InChI is InChI=1S/C16H26ClN3O/c1-3-6-14-19-15(17)11(2)16(20-14)18-9-12-7-4-5-8-13(12)10-21/h12-13,21H,3-10H2,1-2H3,(H,18,19,20). The van der Waals surface area contributed by atoms with Crippen LogP contribution in [0.3, 0.4) is 0 Å². The van der Waals surface area contributed by atoms with E-state index in [0.29, 0.717) is 17.0 Å². The molecule has 1 aliphatic carbocycles. The molecule has 1 saturated carbocycles. The first kappa shape index (κ1) is 16.5. The van der Waals surface area contributed by atoms with Crippen LogP contribution in [0.1, 0.15) is 50.4 Å². The first-order chi connectivity index (χ1) is 10.2. The van der Waals surface area contributed by atoms with Gasteiger partial charge in [-0.3, -0.25) is 0 Å². The monoisotopic (exact) mass is 311 g/mol. The van der Waals surface area contributed by atoms with Gasteiger partial charge in [0.15, 0.2) is 0 Å². The van der Waals surface area contributed by atoms with Gasteiger partial charge in [-0.05, 0) is 38.0 Å². The number of halogens is 1. The molecule has 2 atom stereocenters. The molecule has 1 fully saturated rings. The Morgan fingerprint density at radius 2 is 1.95 bits per heavy atom. The molecule has 1 aromatic heterocycles. The van der Waals surface area contributed by atoms with E-state index in [-0.39, 0.29) is 6.61 Å². The molecule has 2 unspecified atom stereocenters. The maximum absolute atomic E-state index is 9.50. The van der Waals surface area contributed by atoms with Crippen LogP contribution in [0.5, 0.6) is 0 Å². The van der Waals surface area contributed by atoms with Crippen molar-refractivity contribution in [2.24, 2.45) is 11.8 Å². The number of hydrogen-bond acceptors (Lipinski definition) is 4.